The van der Waals surface area contributed by atoms with Crippen LogP contribution in [0.15, 0.2) is 28.7 Å². The molecule has 0 radical (unpaired) electrons. The number of hydrogen-bond acceptors (Lipinski definition) is 2. The Morgan fingerprint density at radius 2 is 2.06 bits per heavy atom. The summed E-state index contributed by atoms with van der Waals surface area (Å²) >= 11 is 3.39. The number of carboxylic acid groups (broad SMARTS) is 1. The van der Waals surface area contributed by atoms with E-state index in [1.807, 2.05) is 12.1 Å². The number of halogens is 1. The molecule has 0 heterocycles. The molecule has 0 aliphatic rings. The highest BCUT2D eigenvalue weighted by atomic mass is 79.9. The zero-order chi connectivity index (χ0) is 12.0. The van der Waals surface area contributed by atoms with Crippen LogP contribution in [0, 0.1) is 0 Å². The van der Waals surface area contributed by atoms with Crippen molar-refractivity contribution in [3.63, 3.8) is 0 Å². The van der Waals surface area contributed by atoms with Crippen molar-refractivity contribution in [2.75, 3.05) is 6.54 Å². The fourth-order valence-corrected chi connectivity index (χ4v) is 1.74. The number of benzene rings is 1. The Bertz CT molecular complexity index is 337. The Balaban J connectivity index is 2.31. The van der Waals surface area contributed by atoms with Crippen molar-refractivity contribution in [1.82, 2.24) is 5.32 Å². The van der Waals surface area contributed by atoms with E-state index in [1.54, 1.807) is 0 Å². The summed E-state index contributed by atoms with van der Waals surface area (Å²) in [6, 6.07) is 8.46. The van der Waals surface area contributed by atoms with Crippen molar-refractivity contribution in [2.45, 2.75) is 25.8 Å². The zero-order valence-electron chi connectivity index (χ0n) is 9.24. The second kappa shape index (κ2) is 6.66. The molecule has 0 spiro atoms. The summed E-state index contributed by atoms with van der Waals surface area (Å²) in [5.74, 6) is -0.761. The van der Waals surface area contributed by atoms with E-state index in [1.165, 1.54) is 5.56 Å². The molecular formula is C12H16BrNO2. The molecule has 4 heteroatoms. The van der Waals surface area contributed by atoms with Gasteiger partial charge in [-0.05, 0) is 31.0 Å². The van der Waals surface area contributed by atoms with Gasteiger partial charge in [0, 0.05) is 17.1 Å². The molecule has 1 atom stereocenters. The van der Waals surface area contributed by atoms with Gasteiger partial charge in [-0.25, -0.2) is 0 Å². The molecule has 0 bridgehead atoms. The normalized spacial score (nSPS) is 12.4. The van der Waals surface area contributed by atoms with Crippen LogP contribution in [-0.2, 0) is 11.2 Å². The van der Waals surface area contributed by atoms with Crippen LogP contribution in [0.2, 0.25) is 0 Å². The summed E-state index contributed by atoms with van der Waals surface area (Å²) in [5.41, 5.74) is 1.25. The Hall–Kier alpha value is -0.870. The molecule has 0 fully saturated rings. The zero-order valence-corrected chi connectivity index (χ0v) is 10.8. The minimum atomic E-state index is -0.761. The molecule has 0 amide bonds. The van der Waals surface area contributed by atoms with Crippen molar-refractivity contribution >= 4 is 21.9 Å². The standard InChI is InChI=1S/C12H16BrNO2/c1-9(14-7-6-12(15)16)8-10-2-4-11(13)5-3-10/h2-5,9,14H,6-8H2,1H3,(H,15,16). The van der Waals surface area contributed by atoms with Crippen molar-refractivity contribution in [3.8, 4) is 0 Å². The van der Waals surface area contributed by atoms with Crippen LogP contribution in [0.4, 0.5) is 0 Å². The monoisotopic (exact) mass is 285 g/mol. The van der Waals surface area contributed by atoms with Gasteiger partial charge in [-0.15, -0.1) is 0 Å². The molecule has 1 aromatic rings. The minimum absolute atomic E-state index is 0.171. The highest BCUT2D eigenvalue weighted by Gasteiger charge is 2.04. The molecule has 0 saturated heterocycles. The Morgan fingerprint density at radius 1 is 1.44 bits per heavy atom. The van der Waals surface area contributed by atoms with E-state index in [0.717, 1.165) is 10.9 Å². The van der Waals surface area contributed by atoms with Crippen LogP contribution < -0.4 is 5.32 Å². The van der Waals surface area contributed by atoms with E-state index >= 15 is 0 Å². The van der Waals surface area contributed by atoms with Crippen molar-refractivity contribution in [3.05, 3.63) is 34.3 Å². The quantitative estimate of drug-likeness (QED) is 0.844. The lowest BCUT2D eigenvalue weighted by Crippen LogP contribution is -2.30. The van der Waals surface area contributed by atoms with Gasteiger partial charge < -0.3 is 10.4 Å². The highest BCUT2D eigenvalue weighted by molar-refractivity contribution is 9.10. The number of carboxylic acids is 1. The first kappa shape index (κ1) is 13.2. The Kier molecular flexibility index (Phi) is 5.49. The van der Waals surface area contributed by atoms with Gasteiger partial charge in [0.1, 0.15) is 0 Å². The number of nitrogens with one attached hydrogen (secondary N) is 1. The van der Waals surface area contributed by atoms with Crippen LogP contribution >= 0.6 is 15.9 Å². The summed E-state index contributed by atoms with van der Waals surface area (Å²) in [5, 5.41) is 11.7. The fraction of sp³-hybridized carbons (Fsp3) is 0.417. The molecule has 0 aliphatic carbocycles. The molecule has 3 nitrogen and oxygen atoms in total. The maximum absolute atomic E-state index is 10.3. The number of carbonyl (C=O) groups is 1. The van der Waals surface area contributed by atoms with Crippen molar-refractivity contribution < 1.29 is 9.90 Å². The van der Waals surface area contributed by atoms with Crippen molar-refractivity contribution in [1.29, 1.82) is 0 Å². The van der Waals surface area contributed by atoms with Gasteiger partial charge in [-0.1, -0.05) is 28.1 Å². The van der Waals surface area contributed by atoms with Gasteiger partial charge in [-0.2, -0.15) is 0 Å². The average molecular weight is 286 g/mol. The topological polar surface area (TPSA) is 49.3 Å². The lowest BCUT2D eigenvalue weighted by molar-refractivity contribution is -0.136. The molecule has 0 aliphatic heterocycles. The third-order valence-corrected chi connectivity index (χ3v) is 2.82. The van der Waals surface area contributed by atoms with Crippen LogP contribution in [-0.4, -0.2) is 23.7 Å². The van der Waals surface area contributed by atoms with Crippen molar-refractivity contribution in [2.24, 2.45) is 0 Å². The second-order valence-corrected chi connectivity index (χ2v) is 4.75. The number of rotatable bonds is 6. The summed E-state index contributed by atoms with van der Waals surface area (Å²) in [6.45, 7) is 2.58. The van der Waals surface area contributed by atoms with E-state index in [0.29, 0.717) is 12.6 Å². The summed E-state index contributed by atoms with van der Waals surface area (Å²) < 4.78 is 1.07. The molecular weight excluding hydrogens is 270 g/mol. The van der Waals surface area contributed by atoms with Crippen LogP contribution in [0.5, 0.6) is 0 Å². The summed E-state index contributed by atoms with van der Waals surface area (Å²) in [4.78, 5) is 10.3. The molecule has 16 heavy (non-hydrogen) atoms. The Labute approximate surface area is 104 Å². The lowest BCUT2D eigenvalue weighted by Gasteiger charge is -2.12. The van der Waals surface area contributed by atoms with Gasteiger partial charge in [0.25, 0.3) is 0 Å². The maximum Gasteiger partial charge on any atom is 0.304 e. The fourth-order valence-electron chi connectivity index (χ4n) is 1.47. The van der Waals surface area contributed by atoms with Gasteiger partial charge in [0.2, 0.25) is 0 Å². The summed E-state index contributed by atoms with van der Waals surface area (Å²) in [7, 11) is 0. The predicted molar refractivity (Wildman–Crippen MR) is 67.6 cm³/mol. The molecule has 1 unspecified atom stereocenters. The molecule has 1 rings (SSSR count). The first-order valence-electron chi connectivity index (χ1n) is 5.27. The molecule has 1 aromatic carbocycles. The molecule has 0 saturated carbocycles. The van der Waals surface area contributed by atoms with E-state index in [-0.39, 0.29) is 6.42 Å². The van der Waals surface area contributed by atoms with E-state index in [4.69, 9.17) is 5.11 Å². The van der Waals surface area contributed by atoms with E-state index < -0.39 is 5.97 Å². The number of hydrogen-bond donors (Lipinski definition) is 2. The average Bonchev–Trinajstić information content (AvgIpc) is 2.21. The second-order valence-electron chi connectivity index (χ2n) is 3.83. The first-order valence-corrected chi connectivity index (χ1v) is 6.07. The largest absolute Gasteiger partial charge is 0.481 e. The first-order chi connectivity index (χ1) is 7.58. The van der Waals surface area contributed by atoms with Gasteiger partial charge >= 0.3 is 5.97 Å². The molecule has 0 aromatic heterocycles. The lowest BCUT2D eigenvalue weighted by atomic mass is 10.1. The van der Waals surface area contributed by atoms with Crippen LogP contribution in [0.25, 0.3) is 0 Å². The minimum Gasteiger partial charge on any atom is -0.481 e. The molecule has 2 N–H and O–H groups in total. The van der Waals surface area contributed by atoms with Crippen LogP contribution in [0.1, 0.15) is 18.9 Å². The van der Waals surface area contributed by atoms with E-state index in [9.17, 15) is 4.79 Å². The van der Waals surface area contributed by atoms with Gasteiger partial charge in [0.15, 0.2) is 0 Å². The van der Waals surface area contributed by atoms with Gasteiger partial charge in [0.05, 0.1) is 6.42 Å². The number of aliphatic carboxylic acids is 1. The van der Waals surface area contributed by atoms with Gasteiger partial charge in [-0.3, -0.25) is 4.79 Å². The van der Waals surface area contributed by atoms with E-state index in [2.05, 4.69) is 40.3 Å². The SMILES string of the molecule is CC(Cc1ccc(Br)cc1)NCCC(=O)O. The third-order valence-electron chi connectivity index (χ3n) is 2.29. The maximum atomic E-state index is 10.3. The third kappa shape index (κ3) is 5.28. The molecule has 88 valence electrons. The van der Waals surface area contributed by atoms with Crippen LogP contribution in [0.3, 0.4) is 0 Å². The predicted octanol–water partition coefficient (Wildman–Crippen LogP) is 2.44. The highest BCUT2D eigenvalue weighted by Crippen LogP contribution is 2.11. The Morgan fingerprint density at radius 3 is 2.62 bits per heavy atom. The summed E-state index contributed by atoms with van der Waals surface area (Å²) in [6.07, 6.45) is 1.08. The smallest absolute Gasteiger partial charge is 0.304 e.